The van der Waals surface area contributed by atoms with Crippen molar-refractivity contribution >= 4 is 46.0 Å². The highest BCUT2D eigenvalue weighted by Gasteiger charge is 2.06. The number of thiazole rings is 1. The van der Waals surface area contributed by atoms with Crippen molar-refractivity contribution in [3.8, 4) is 11.3 Å². The van der Waals surface area contributed by atoms with E-state index >= 15 is 0 Å². The molecule has 4 aromatic rings. The van der Waals surface area contributed by atoms with Crippen LogP contribution in [0.15, 0.2) is 99.1 Å². The fourth-order valence-corrected chi connectivity index (χ4v) is 4.40. The standard InChI is InChI=1S/C22H16ClN3S2/c23-18-11-5-7-13-21(18)28-20-12-6-4-10-17(20)14-24-26-22-25-19(15-27-22)16-8-2-1-3-9-16/h1-15H,(H,25,26). The molecule has 1 heterocycles. The summed E-state index contributed by atoms with van der Waals surface area (Å²) in [6.45, 7) is 0. The zero-order valence-corrected chi connectivity index (χ0v) is 17.1. The average Bonchev–Trinajstić information content (AvgIpc) is 3.21. The van der Waals surface area contributed by atoms with Crippen LogP contribution in [0.3, 0.4) is 0 Å². The van der Waals surface area contributed by atoms with Gasteiger partial charge in [-0.3, -0.25) is 5.43 Å². The average molecular weight is 422 g/mol. The zero-order valence-electron chi connectivity index (χ0n) is 14.7. The highest BCUT2D eigenvalue weighted by Crippen LogP contribution is 2.34. The number of hydrazone groups is 1. The summed E-state index contributed by atoms with van der Waals surface area (Å²) < 4.78 is 0. The van der Waals surface area contributed by atoms with Crippen LogP contribution in [0.1, 0.15) is 5.56 Å². The van der Waals surface area contributed by atoms with Gasteiger partial charge >= 0.3 is 0 Å². The number of anilines is 1. The summed E-state index contributed by atoms with van der Waals surface area (Å²) in [4.78, 5) is 6.69. The largest absolute Gasteiger partial charge is 0.253 e. The predicted octanol–water partition coefficient (Wildman–Crippen LogP) is 7.06. The highest BCUT2D eigenvalue weighted by atomic mass is 35.5. The van der Waals surface area contributed by atoms with Gasteiger partial charge in [0.05, 0.1) is 16.9 Å². The van der Waals surface area contributed by atoms with Crippen LogP contribution in [-0.4, -0.2) is 11.2 Å². The van der Waals surface area contributed by atoms with Gasteiger partial charge in [0.2, 0.25) is 5.13 Å². The Morgan fingerprint density at radius 2 is 1.61 bits per heavy atom. The van der Waals surface area contributed by atoms with E-state index < -0.39 is 0 Å². The highest BCUT2D eigenvalue weighted by molar-refractivity contribution is 7.99. The maximum absolute atomic E-state index is 6.29. The van der Waals surface area contributed by atoms with Crippen LogP contribution in [-0.2, 0) is 0 Å². The molecule has 28 heavy (non-hydrogen) atoms. The smallest absolute Gasteiger partial charge is 0.203 e. The van der Waals surface area contributed by atoms with Gasteiger partial charge in [0.25, 0.3) is 0 Å². The summed E-state index contributed by atoms with van der Waals surface area (Å²) in [6.07, 6.45) is 1.81. The van der Waals surface area contributed by atoms with Crippen molar-refractivity contribution in [1.29, 1.82) is 0 Å². The van der Waals surface area contributed by atoms with Crippen LogP contribution in [0.25, 0.3) is 11.3 Å². The van der Waals surface area contributed by atoms with Crippen LogP contribution < -0.4 is 5.43 Å². The molecule has 3 aromatic carbocycles. The molecule has 0 aliphatic carbocycles. The first-order chi connectivity index (χ1) is 13.8. The number of nitrogens with one attached hydrogen (secondary N) is 1. The van der Waals surface area contributed by atoms with Gasteiger partial charge in [-0.15, -0.1) is 11.3 Å². The van der Waals surface area contributed by atoms with Crippen LogP contribution in [0, 0.1) is 0 Å². The van der Waals surface area contributed by atoms with Gasteiger partial charge in [0, 0.05) is 26.3 Å². The molecule has 0 spiro atoms. The maximum Gasteiger partial charge on any atom is 0.203 e. The molecular weight excluding hydrogens is 406 g/mol. The zero-order chi connectivity index (χ0) is 19.2. The predicted molar refractivity (Wildman–Crippen MR) is 121 cm³/mol. The molecule has 6 heteroatoms. The van der Waals surface area contributed by atoms with E-state index in [1.165, 1.54) is 11.3 Å². The van der Waals surface area contributed by atoms with Crippen LogP contribution in [0.4, 0.5) is 5.13 Å². The topological polar surface area (TPSA) is 37.3 Å². The van der Waals surface area contributed by atoms with E-state index in [4.69, 9.17) is 11.6 Å². The first-order valence-corrected chi connectivity index (χ1v) is 10.7. The van der Waals surface area contributed by atoms with Gasteiger partial charge in [-0.2, -0.15) is 5.10 Å². The van der Waals surface area contributed by atoms with Crippen LogP contribution in [0.2, 0.25) is 5.02 Å². The van der Waals surface area contributed by atoms with E-state index in [1.54, 1.807) is 11.8 Å². The molecule has 0 fully saturated rings. The van der Waals surface area contributed by atoms with Gasteiger partial charge in [0.15, 0.2) is 0 Å². The molecule has 4 rings (SSSR count). The minimum absolute atomic E-state index is 0.744. The second-order valence-electron chi connectivity index (χ2n) is 5.84. The van der Waals surface area contributed by atoms with E-state index in [9.17, 15) is 0 Å². The minimum Gasteiger partial charge on any atom is -0.253 e. The fraction of sp³-hybridized carbons (Fsp3) is 0. The molecule has 0 saturated heterocycles. The molecule has 3 nitrogen and oxygen atoms in total. The van der Waals surface area contributed by atoms with E-state index in [-0.39, 0.29) is 0 Å². The first kappa shape index (κ1) is 18.7. The van der Waals surface area contributed by atoms with Crippen LogP contribution in [0.5, 0.6) is 0 Å². The molecule has 0 aliphatic heterocycles. The number of nitrogens with zero attached hydrogens (tertiary/aromatic N) is 2. The number of benzene rings is 3. The molecule has 0 atom stereocenters. The molecule has 0 amide bonds. The third-order valence-corrected chi connectivity index (χ3v) is 6.27. The Labute approximate surface area is 177 Å². The summed E-state index contributed by atoms with van der Waals surface area (Å²) in [5.41, 5.74) is 6.08. The molecule has 0 bridgehead atoms. The monoisotopic (exact) mass is 421 g/mol. The molecule has 1 N–H and O–H groups in total. The fourth-order valence-electron chi connectivity index (χ4n) is 2.55. The molecule has 0 aliphatic rings. The van der Waals surface area contributed by atoms with E-state index in [1.807, 2.05) is 84.4 Å². The summed E-state index contributed by atoms with van der Waals surface area (Å²) >= 11 is 9.44. The van der Waals surface area contributed by atoms with E-state index in [0.29, 0.717) is 0 Å². The summed E-state index contributed by atoms with van der Waals surface area (Å²) in [7, 11) is 0. The van der Waals surface area contributed by atoms with Gasteiger partial charge in [-0.05, 0) is 18.2 Å². The molecule has 0 saturated carbocycles. The summed E-state index contributed by atoms with van der Waals surface area (Å²) in [6, 6.07) is 26.0. The minimum atomic E-state index is 0.744. The second kappa shape index (κ2) is 9.06. The Hall–Kier alpha value is -2.60. The van der Waals surface area contributed by atoms with Crippen molar-refractivity contribution in [2.75, 3.05) is 5.43 Å². The Morgan fingerprint density at radius 1 is 0.893 bits per heavy atom. The quantitative estimate of drug-likeness (QED) is 0.267. The Kier molecular flexibility index (Phi) is 6.07. The Balaban J connectivity index is 1.47. The Morgan fingerprint density at radius 3 is 2.43 bits per heavy atom. The number of halogens is 1. The third-order valence-electron chi connectivity index (χ3n) is 3.91. The molecule has 1 aromatic heterocycles. The van der Waals surface area contributed by atoms with Crippen molar-refractivity contribution in [2.24, 2.45) is 5.10 Å². The molecule has 138 valence electrons. The van der Waals surface area contributed by atoms with Gasteiger partial charge in [-0.25, -0.2) is 4.98 Å². The van der Waals surface area contributed by atoms with Gasteiger partial charge in [-0.1, -0.05) is 84.0 Å². The van der Waals surface area contributed by atoms with Crippen molar-refractivity contribution in [3.05, 3.63) is 94.8 Å². The van der Waals surface area contributed by atoms with E-state index in [2.05, 4.69) is 21.6 Å². The number of hydrogen-bond acceptors (Lipinski definition) is 5. The van der Waals surface area contributed by atoms with Crippen molar-refractivity contribution in [3.63, 3.8) is 0 Å². The third kappa shape index (κ3) is 4.62. The first-order valence-electron chi connectivity index (χ1n) is 8.61. The number of hydrogen-bond donors (Lipinski definition) is 1. The Bertz CT molecular complexity index is 1090. The molecule has 0 unspecified atom stereocenters. The summed E-state index contributed by atoms with van der Waals surface area (Å²) in [5, 5.41) is 7.89. The molecule has 0 radical (unpaired) electrons. The van der Waals surface area contributed by atoms with Gasteiger partial charge in [0.1, 0.15) is 0 Å². The van der Waals surface area contributed by atoms with Crippen LogP contribution >= 0.6 is 34.7 Å². The van der Waals surface area contributed by atoms with E-state index in [0.717, 1.165) is 36.8 Å². The second-order valence-corrected chi connectivity index (χ2v) is 8.19. The lowest BCUT2D eigenvalue weighted by atomic mass is 10.2. The van der Waals surface area contributed by atoms with Crippen molar-refractivity contribution < 1.29 is 0 Å². The lowest BCUT2D eigenvalue weighted by molar-refractivity contribution is 1.28. The number of rotatable bonds is 6. The summed E-state index contributed by atoms with van der Waals surface area (Å²) in [5.74, 6) is 0. The maximum atomic E-state index is 6.29. The normalized spacial score (nSPS) is 11.0. The van der Waals surface area contributed by atoms with Crippen molar-refractivity contribution in [1.82, 2.24) is 4.98 Å². The van der Waals surface area contributed by atoms with Gasteiger partial charge < -0.3 is 0 Å². The lowest BCUT2D eigenvalue weighted by Gasteiger charge is -2.06. The number of aromatic nitrogens is 1. The van der Waals surface area contributed by atoms with Crippen molar-refractivity contribution in [2.45, 2.75) is 9.79 Å². The lowest BCUT2D eigenvalue weighted by Crippen LogP contribution is -1.92. The molecular formula is C22H16ClN3S2. The SMILES string of the molecule is Clc1ccccc1Sc1ccccc1C=NNc1nc(-c2ccccc2)cs1.